The number of nitrogen functional groups attached to an aromatic ring is 1. The van der Waals surface area contributed by atoms with E-state index >= 15 is 4.39 Å². The lowest BCUT2D eigenvalue weighted by atomic mass is 10.0. The van der Waals surface area contributed by atoms with Gasteiger partial charge in [0.2, 0.25) is 5.43 Å². The lowest BCUT2D eigenvalue weighted by molar-refractivity contribution is 0.0697. The zero-order valence-corrected chi connectivity index (χ0v) is 15.9. The number of benzene rings is 1. The third kappa shape index (κ3) is 2.01. The van der Waals surface area contributed by atoms with Gasteiger partial charge in [-0.25, -0.2) is 9.18 Å². The second-order valence-corrected chi connectivity index (χ2v) is 8.04. The number of hydrogen-bond acceptors (Lipinski definition) is 7. The van der Waals surface area contributed by atoms with E-state index in [0.717, 1.165) is 31.6 Å². The van der Waals surface area contributed by atoms with E-state index in [1.165, 1.54) is 11.3 Å². The summed E-state index contributed by atoms with van der Waals surface area (Å²) in [5, 5.41) is 11.5. The molecule has 4 N–H and O–H groups in total. The summed E-state index contributed by atoms with van der Waals surface area (Å²) >= 11 is 1.21. The number of hydrazine groups is 1. The number of anilines is 3. The van der Waals surface area contributed by atoms with Gasteiger partial charge >= 0.3 is 5.97 Å². The van der Waals surface area contributed by atoms with E-state index in [1.54, 1.807) is 4.40 Å². The monoisotopic (exact) mass is 403 g/mol. The quantitative estimate of drug-likeness (QED) is 0.455. The molecule has 4 heterocycles. The van der Waals surface area contributed by atoms with E-state index in [-0.39, 0.29) is 16.6 Å². The number of carboxylic acid groups (broad SMARTS) is 1. The molecule has 146 valence electrons. The molecule has 3 aromatic rings. The number of carbonyl (C=O) groups is 1. The van der Waals surface area contributed by atoms with Crippen molar-refractivity contribution >= 4 is 50.1 Å². The average Bonchev–Trinajstić information content (AvgIpc) is 3.31. The molecule has 0 spiro atoms. The predicted molar refractivity (Wildman–Crippen MR) is 107 cm³/mol. The van der Waals surface area contributed by atoms with Gasteiger partial charge in [-0.05, 0) is 12.8 Å². The van der Waals surface area contributed by atoms with Crippen molar-refractivity contribution in [2.45, 2.75) is 19.4 Å². The van der Waals surface area contributed by atoms with Crippen molar-refractivity contribution < 1.29 is 14.3 Å². The summed E-state index contributed by atoms with van der Waals surface area (Å²) in [6.45, 7) is 1.92. The Morgan fingerprint density at radius 2 is 2.04 bits per heavy atom. The standard InChI is InChI=1S/C18H18FN5O3S/c1-22-6-8-7-28-17-10(18(26)27)16(25)9-12(21-20)11(19)14(23-4-2-3-5-23)15(22)13(9)24(8)17/h7,21H,2-6,20H2,1H3,(H,26,27). The van der Waals surface area contributed by atoms with Crippen LogP contribution in [0, 0.1) is 5.82 Å². The van der Waals surface area contributed by atoms with E-state index in [4.69, 9.17) is 5.84 Å². The zero-order valence-electron chi connectivity index (χ0n) is 15.1. The largest absolute Gasteiger partial charge is 0.477 e. The van der Waals surface area contributed by atoms with Gasteiger partial charge in [0.1, 0.15) is 21.8 Å². The topological polar surface area (TPSA) is 103 Å². The number of pyridine rings is 1. The number of aromatic carboxylic acids is 1. The Hall–Kier alpha value is -2.85. The van der Waals surface area contributed by atoms with Crippen LogP contribution in [0.3, 0.4) is 0 Å². The van der Waals surface area contributed by atoms with Gasteiger partial charge in [0.25, 0.3) is 0 Å². The first-order valence-electron chi connectivity index (χ1n) is 8.96. The maximum Gasteiger partial charge on any atom is 0.342 e. The normalized spacial score (nSPS) is 16.0. The van der Waals surface area contributed by atoms with Crippen molar-refractivity contribution in [2.75, 3.05) is 35.4 Å². The van der Waals surface area contributed by atoms with Crippen LogP contribution in [0.25, 0.3) is 15.7 Å². The zero-order chi connectivity index (χ0) is 19.7. The Morgan fingerprint density at radius 3 is 2.68 bits per heavy atom. The van der Waals surface area contributed by atoms with E-state index in [2.05, 4.69) is 5.43 Å². The minimum absolute atomic E-state index is 0.0287. The molecule has 0 bridgehead atoms. The minimum atomic E-state index is -1.33. The summed E-state index contributed by atoms with van der Waals surface area (Å²) in [5.74, 6) is 3.67. The van der Waals surface area contributed by atoms with E-state index in [0.29, 0.717) is 28.3 Å². The van der Waals surface area contributed by atoms with Gasteiger partial charge in [0.15, 0.2) is 5.82 Å². The average molecular weight is 403 g/mol. The van der Waals surface area contributed by atoms with Crippen molar-refractivity contribution in [1.29, 1.82) is 0 Å². The van der Waals surface area contributed by atoms with Crippen LogP contribution in [0.1, 0.15) is 28.9 Å². The first-order chi connectivity index (χ1) is 13.5. The van der Waals surface area contributed by atoms with E-state index < -0.39 is 17.2 Å². The number of nitrogens with two attached hydrogens (primary N) is 1. The molecular formula is C18H18FN5O3S. The smallest absolute Gasteiger partial charge is 0.342 e. The van der Waals surface area contributed by atoms with Crippen LogP contribution in [0.4, 0.5) is 21.5 Å². The number of hydrogen-bond donors (Lipinski definition) is 3. The summed E-state index contributed by atoms with van der Waals surface area (Å²) in [6, 6.07) is 0. The lowest BCUT2D eigenvalue weighted by Gasteiger charge is -2.33. The Bertz CT molecular complexity index is 1230. The number of nitrogens with zero attached hydrogens (tertiary/aromatic N) is 3. The van der Waals surface area contributed by atoms with Gasteiger partial charge in [-0.2, -0.15) is 0 Å². The maximum atomic E-state index is 15.6. The molecule has 2 aromatic heterocycles. The summed E-state index contributed by atoms with van der Waals surface area (Å²) in [4.78, 5) is 29.3. The highest BCUT2D eigenvalue weighted by atomic mass is 32.1. The van der Waals surface area contributed by atoms with Crippen LogP contribution >= 0.6 is 11.3 Å². The van der Waals surface area contributed by atoms with Crippen LogP contribution in [0.5, 0.6) is 0 Å². The Kier molecular flexibility index (Phi) is 3.59. The molecule has 0 unspecified atom stereocenters. The number of halogens is 1. The molecule has 10 heteroatoms. The summed E-state index contributed by atoms with van der Waals surface area (Å²) in [7, 11) is 1.85. The molecule has 0 saturated carbocycles. The SMILES string of the molecule is CN1Cc2csc3c(C(=O)O)c(=O)c4c(NN)c(F)c(N5CCCC5)c1c4n23. The van der Waals surface area contributed by atoms with Crippen LogP contribution in [-0.2, 0) is 6.54 Å². The van der Waals surface area contributed by atoms with E-state index in [1.807, 2.05) is 22.2 Å². The Labute approximate surface area is 162 Å². The highest BCUT2D eigenvalue weighted by Crippen LogP contribution is 2.47. The first-order valence-corrected chi connectivity index (χ1v) is 9.84. The second-order valence-electron chi connectivity index (χ2n) is 7.18. The minimum Gasteiger partial charge on any atom is -0.477 e. The maximum absolute atomic E-state index is 15.6. The molecular weight excluding hydrogens is 385 g/mol. The third-order valence-electron chi connectivity index (χ3n) is 5.61. The van der Waals surface area contributed by atoms with Crippen molar-refractivity contribution in [3.8, 4) is 0 Å². The molecule has 0 amide bonds. The van der Waals surface area contributed by atoms with Crippen LogP contribution < -0.4 is 26.5 Å². The van der Waals surface area contributed by atoms with Crippen LogP contribution in [0.15, 0.2) is 10.2 Å². The molecule has 1 aromatic carbocycles. The molecule has 2 aliphatic rings. The number of carboxylic acids is 1. The molecule has 5 rings (SSSR count). The Morgan fingerprint density at radius 1 is 1.32 bits per heavy atom. The molecule has 1 fully saturated rings. The van der Waals surface area contributed by atoms with Crippen LogP contribution in [0.2, 0.25) is 0 Å². The summed E-state index contributed by atoms with van der Waals surface area (Å²) in [5.41, 5.74) is 3.45. The van der Waals surface area contributed by atoms with Crippen molar-refractivity contribution in [2.24, 2.45) is 5.84 Å². The highest BCUT2D eigenvalue weighted by molar-refractivity contribution is 7.16. The number of rotatable bonds is 3. The molecule has 0 aliphatic carbocycles. The fraction of sp³-hybridized carbons (Fsp3) is 0.333. The van der Waals surface area contributed by atoms with Crippen LogP contribution in [-0.4, -0.2) is 35.6 Å². The molecule has 8 nitrogen and oxygen atoms in total. The molecule has 0 atom stereocenters. The summed E-state index contributed by atoms with van der Waals surface area (Å²) in [6.07, 6.45) is 1.92. The number of aromatic nitrogens is 1. The second kappa shape index (κ2) is 5.82. The van der Waals surface area contributed by atoms with E-state index in [9.17, 15) is 14.7 Å². The van der Waals surface area contributed by atoms with Crippen molar-refractivity contribution in [3.63, 3.8) is 0 Å². The van der Waals surface area contributed by atoms with Crippen molar-refractivity contribution in [3.05, 3.63) is 32.7 Å². The third-order valence-corrected chi connectivity index (χ3v) is 6.61. The van der Waals surface area contributed by atoms with Gasteiger partial charge in [0, 0.05) is 25.5 Å². The fourth-order valence-electron chi connectivity index (χ4n) is 4.46. The molecule has 1 saturated heterocycles. The predicted octanol–water partition coefficient (Wildman–Crippen LogP) is 2.19. The van der Waals surface area contributed by atoms with Gasteiger partial charge < -0.3 is 20.3 Å². The first kappa shape index (κ1) is 17.3. The van der Waals surface area contributed by atoms with Gasteiger partial charge in [-0.15, -0.1) is 11.3 Å². The summed E-state index contributed by atoms with van der Waals surface area (Å²) < 4.78 is 17.4. The molecule has 2 aliphatic heterocycles. The van der Waals surface area contributed by atoms with Crippen molar-refractivity contribution in [1.82, 2.24) is 4.40 Å². The number of thiazole rings is 1. The van der Waals surface area contributed by atoms with Gasteiger partial charge in [0.05, 0.1) is 28.8 Å². The number of nitrogens with one attached hydrogen (secondary N) is 1. The lowest BCUT2D eigenvalue weighted by Crippen LogP contribution is -2.31. The van der Waals surface area contributed by atoms with Gasteiger partial charge in [-0.1, -0.05) is 0 Å². The molecule has 28 heavy (non-hydrogen) atoms. The fourth-order valence-corrected chi connectivity index (χ4v) is 5.50. The highest BCUT2D eigenvalue weighted by Gasteiger charge is 2.34. The van der Waals surface area contributed by atoms with Gasteiger partial charge in [-0.3, -0.25) is 15.0 Å². The molecule has 0 radical (unpaired) electrons. The Balaban J connectivity index is 2.08.